The third kappa shape index (κ3) is 4.21. The highest BCUT2D eigenvalue weighted by molar-refractivity contribution is 5.88. The van der Waals surface area contributed by atoms with Gasteiger partial charge in [0.05, 0.1) is 5.69 Å². The van der Waals surface area contributed by atoms with Crippen LogP contribution in [-0.2, 0) is 35.4 Å². The van der Waals surface area contributed by atoms with Crippen molar-refractivity contribution in [3.8, 4) is 0 Å². The zero-order valence-corrected chi connectivity index (χ0v) is 17.4. The summed E-state index contributed by atoms with van der Waals surface area (Å²) in [5.41, 5.74) is 5.92. The molecule has 1 saturated heterocycles. The molecule has 154 valence electrons. The summed E-state index contributed by atoms with van der Waals surface area (Å²) in [4.78, 5) is 29.3. The smallest absolute Gasteiger partial charge is 0.245 e. The molecule has 1 atom stereocenters. The van der Waals surface area contributed by atoms with E-state index >= 15 is 0 Å². The van der Waals surface area contributed by atoms with Crippen LogP contribution in [0, 0.1) is 6.92 Å². The molecular formula is C23H30N4O2. The first-order chi connectivity index (χ1) is 14.0. The van der Waals surface area contributed by atoms with Crippen LogP contribution in [0.1, 0.15) is 54.3 Å². The van der Waals surface area contributed by atoms with E-state index in [9.17, 15) is 9.59 Å². The number of nitrogens with one attached hydrogen (secondary N) is 1. The highest BCUT2D eigenvalue weighted by Crippen LogP contribution is 2.23. The summed E-state index contributed by atoms with van der Waals surface area (Å²) in [6.07, 6.45) is 5.58. The van der Waals surface area contributed by atoms with E-state index in [1.165, 1.54) is 29.7 Å². The highest BCUT2D eigenvalue weighted by atomic mass is 16.2. The minimum Gasteiger partial charge on any atom is -0.335 e. The lowest BCUT2D eigenvalue weighted by Crippen LogP contribution is -2.57. The predicted molar refractivity (Wildman–Crippen MR) is 111 cm³/mol. The van der Waals surface area contributed by atoms with Gasteiger partial charge in [0.15, 0.2) is 0 Å². The molecule has 1 fully saturated rings. The molecule has 0 unspecified atom stereocenters. The molecule has 2 aliphatic rings. The number of carbonyl (C=O) groups excluding carboxylic acids is 2. The number of benzene rings is 1. The average molecular weight is 395 g/mol. The minimum atomic E-state index is -0.408. The van der Waals surface area contributed by atoms with E-state index in [2.05, 4.69) is 29.3 Å². The number of aromatic nitrogens is 2. The van der Waals surface area contributed by atoms with Gasteiger partial charge in [0.25, 0.3) is 0 Å². The van der Waals surface area contributed by atoms with Gasteiger partial charge in [-0.15, -0.1) is 0 Å². The molecule has 2 heterocycles. The first-order valence-electron chi connectivity index (χ1n) is 10.7. The van der Waals surface area contributed by atoms with Gasteiger partial charge in [-0.3, -0.25) is 14.7 Å². The number of nitrogens with zero attached hydrogens (tertiary/aromatic N) is 3. The quantitative estimate of drug-likeness (QED) is 0.848. The normalized spacial score (nSPS) is 19.4. The Morgan fingerprint density at radius 2 is 2.07 bits per heavy atom. The van der Waals surface area contributed by atoms with Crippen LogP contribution in [0.2, 0.25) is 0 Å². The number of aryl methyl sites for hydroxylation is 3. The number of aromatic amines is 1. The molecule has 1 aliphatic heterocycles. The first-order valence-corrected chi connectivity index (χ1v) is 10.7. The van der Waals surface area contributed by atoms with Gasteiger partial charge < -0.3 is 9.80 Å². The molecule has 29 heavy (non-hydrogen) atoms. The van der Waals surface area contributed by atoms with Crippen molar-refractivity contribution >= 4 is 11.8 Å². The SMILES string of the molecule is Cc1cccc(CN2CCN(C(=O)CCc3n[nH]c4c3CCCC4)[C@H](C)C2=O)c1. The fourth-order valence-corrected chi connectivity index (χ4v) is 4.58. The van der Waals surface area contributed by atoms with E-state index in [0.29, 0.717) is 32.5 Å². The zero-order valence-electron chi connectivity index (χ0n) is 17.4. The molecule has 0 spiro atoms. The minimum absolute atomic E-state index is 0.0308. The van der Waals surface area contributed by atoms with Gasteiger partial charge in [-0.25, -0.2) is 0 Å². The third-order valence-electron chi connectivity index (χ3n) is 6.24. The summed E-state index contributed by atoms with van der Waals surface area (Å²) >= 11 is 0. The Labute approximate surface area is 172 Å². The van der Waals surface area contributed by atoms with E-state index in [4.69, 9.17) is 0 Å². The second-order valence-corrected chi connectivity index (χ2v) is 8.35. The molecule has 1 aromatic carbocycles. The molecule has 6 nitrogen and oxygen atoms in total. The van der Waals surface area contributed by atoms with Gasteiger partial charge in [0, 0.05) is 38.2 Å². The standard InChI is InChI=1S/C23H30N4O2/c1-16-6-5-7-18(14-16)15-26-12-13-27(17(2)23(26)29)22(28)11-10-21-19-8-3-4-9-20(19)24-25-21/h5-7,14,17H,3-4,8-13,15H2,1-2H3,(H,24,25)/t17-/m1/s1. The van der Waals surface area contributed by atoms with Crippen molar-refractivity contribution in [2.24, 2.45) is 0 Å². The molecule has 1 aromatic heterocycles. The number of carbonyl (C=O) groups is 2. The summed E-state index contributed by atoms with van der Waals surface area (Å²) < 4.78 is 0. The van der Waals surface area contributed by atoms with Gasteiger partial charge in [0.2, 0.25) is 11.8 Å². The van der Waals surface area contributed by atoms with Crippen LogP contribution in [-0.4, -0.2) is 50.9 Å². The lowest BCUT2D eigenvalue weighted by molar-refractivity contribution is -0.151. The number of piperazine rings is 1. The van der Waals surface area contributed by atoms with Crippen molar-refractivity contribution in [3.63, 3.8) is 0 Å². The zero-order chi connectivity index (χ0) is 20.4. The Morgan fingerprint density at radius 3 is 2.90 bits per heavy atom. The maximum absolute atomic E-state index is 12.9. The number of fused-ring (bicyclic) bond motifs is 1. The van der Waals surface area contributed by atoms with Gasteiger partial charge in [-0.1, -0.05) is 29.8 Å². The summed E-state index contributed by atoms with van der Waals surface area (Å²) in [7, 11) is 0. The van der Waals surface area contributed by atoms with Gasteiger partial charge in [-0.2, -0.15) is 5.10 Å². The van der Waals surface area contributed by atoms with Crippen LogP contribution >= 0.6 is 0 Å². The number of amides is 2. The van der Waals surface area contributed by atoms with Crippen molar-refractivity contribution in [2.75, 3.05) is 13.1 Å². The maximum Gasteiger partial charge on any atom is 0.245 e. The second-order valence-electron chi connectivity index (χ2n) is 8.35. The van der Waals surface area contributed by atoms with E-state index in [1.807, 2.05) is 24.0 Å². The summed E-state index contributed by atoms with van der Waals surface area (Å²) in [5, 5.41) is 7.59. The van der Waals surface area contributed by atoms with E-state index in [0.717, 1.165) is 24.1 Å². The van der Waals surface area contributed by atoms with E-state index in [1.54, 1.807) is 4.90 Å². The highest BCUT2D eigenvalue weighted by Gasteiger charge is 2.34. The van der Waals surface area contributed by atoms with Crippen molar-refractivity contribution in [1.29, 1.82) is 0 Å². The monoisotopic (exact) mass is 394 g/mol. The number of hydrogen-bond acceptors (Lipinski definition) is 3. The molecule has 0 saturated carbocycles. The Kier molecular flexibility index (Phi) is 5.69. The molecular weight excluding hydrogens is 364 g/mol. The van der Waals surface area contributed by atoms with Crippen molar-refractivity contribution in [3.05, 3.63) is 52.3 Å². The number of rotatable bonds is 5. The number of H-pyrrole nitrogens is 1. The van der Waals surface area contributed by atoms with Gasteiger partial charge >= 0.3 is 0 Å². The van der Waals surface area contributed by atoms with Crippen LogP contribution < -0.4 is 0 Å². The molecule has 0 bridgehead atoms. The van der Waals surface area contributed by atoms with Crippen LogP contribution in [0.15, 0.2) is 24.3 Å². The number of hydrogen-bond donors (Lipinski definition) is 1. The molecule has 1 aliphatic carbocycles. The molecule has 1 N–H and O–H groups in total. The second kappa shape index (κ2) is 8.39. The fraction of sp³-hybridized carbons (Fsp3) is 0.522. The van der Waals surface area contributed by atoms with Crippen LogP contribution in [0.3, 0.4) is 0 Å². The molecule has 0 radical (unpaired) electrons. The van der Waals surface area contributed by atoms with E-state index < -0.39 is 6.04 Å². The first kappa shape index (κ1) is 19.7. The molecule has 4 rings (SSSR count). The summed E-state index contributed by atoms with van der Waals surface area (Å²) in [6.45, 7) is 5.68. The Hall–Kier alpha value is -2.63. The topological polar surface area (TPSA) is 69.3 Å². The summed E-state index contributed by atoms with van der Waals surface area (Å²) in [5.74, 6) is 0.0804. The average Bonchev–Trinajstić information content (AvgIpc) is 3.13. The van der Waals surface area contributed by atoms with Crippen LogP contribution in [0.5, 0.6) is 0 Å². The van der Waals surface area contributed by atoms with Crippen molar-refractivity contribution < 1.29 is 9.59 Å². The van der Waals surface area contributed by atoms with Gasteiger partial charge in [-0.05, 0) is 50.7 Å². The fourth-order valence-electron chi connectivity index (χ4n) is 4.58. The summed E-state index contributed by atoms with van der Waals surface area (Å²) in [6, 6.07) is 7.83. The van der Waals surface area contributed by atoms with Gasteiger partial charge in [0.1, 0.15) is 6.04 Å². The van der Waals surface area contributed by atoms with E-state index in [-0.39, 0.29) is 11.8 Å². The Bertz CT molecular complexity index is 904. The molecule has 2 amide bonds. The maximum atomic E-state index is 12.9. The van der Waals surface area contributed by atoms with Crippen molar-refractivity contribution in [2.45, 2.75) is 65.0 Å². The van der Waals surface area contributed by atoms with Crippen LogP contribution in [0.25, 0.3) is 0 Å². The third-order valence-corrected chi connectivity index (χ3v) is 6.24. The largest absolute Gasteiger partial charge is 0.335 e. The predicted octanol–water partition coefficient (Wildman–Crippen LogP) is 2.79. The molecule has 2 aromatic rings. The lowest BCUT2D eigenvalue weighted by Gasteiger charge is -2.39. The molecule has 6 heteroatoms. The Morgan fingerprint density at radius 1 is 1.24 bits per heavy atom. The lowest BCUT2D eigenvalue weighted by atomic mass is 9.94. The van der Waals surface area contributed by atoms with Crippen LogP contribution in [0.4, 0.5) is 0 Å². The van der Waals surface area contributed by atoms with Crippen molar-refractivity contribution in [1.82, 2.24) is 20.0 Å². The Balaban J connectivity index is 1.34.